The van der Waals surface area contributed by atoms with Gasteiger partial charge in [0, 0.05) is 11.9 Å². The SMILES string of the molecule is CCCNC(c1ccc(SC)cc1)c1c(OC)cnn1C. The van der Waals surface area contributed by atoms with Crippen LogP contribution in [0.3, 0.4) is 0 Å². The third-order valence-corrected chi connectivity index (χ3v) is 4.23. The standard InChI is InChI=1S/C16H23N3OS/c1-5-10-17-15(12-6-8-13(21-4)9-7-12)16-14(20-3)11-18-19(16)2/h6-9,11,15,17H,5,10H2,1-4H3. The first kappa shape index (κ1) is 15.9. The molecule has 0 saturated heterocycles. The summed E-state index contributed by atoms with van der Waals surface area (Å²) in [5.41, 5.74) is 2.28. The number of nitrogens with zero attached hydrogens (tertiary/aromatic N) is 2. The number of methoxy groups -OCH3 is 1. The summed E-state index contributed by atoms with van der Waals surface area (Å²) in [6.07, 6.45) is 4.94. The van der Waals surface area contributed by atoms with Crippen molar-refractivity contribution in [3.05, 3.63) is 41.7 Å². The van der Waals surface area contributed by atoms with E-state index in [4.69, 9.17) is 4.74 Å². The zero-order valence-corrected chi connectivity index (χ0v) is 13.9. The molecule has 1 aromatic carbocycles. The molecule has 0 fully saturated rings. The monoisotopic (exact) mass is 305 g/mol. The maximum atomic E-state index is 5.47. The zero-order chi connectivity index (χ0) is 15.2. The van der Waals surface area contributed by atoms with Gasteiger partial charge in [-0.25, -0.2) is 0 Å². The average Bonchev–Trinajstić information content (AvgIpc) is 2.89. The summed E-state index contributed by atoms with van der Waals surface area (Å²) in [7, 11) is 3.64. The number of rotatable bonds is 7. The highest BCUT2D eigenvalue weighted by molar-refractivity contribution is 7.98. The number of thioether (sulfide) groups is 1. The number of hydrogen-bond donors (Lipinski definition) is 1. The molecule has 1 aromatic heterocycles. The lowest BCUT2D eigenvalue weighted by Gasteiger charge is -2.21. The van der Waals surface area contributed by atoms with Crippen molar-refractivity contribution in [3.8, 4) is 5.75 Å². The number of aryl methyl sites for hydroxylation is 1. The maximum Gasteiger partial charge on any atom is 0.161 e. The van der Waals surface area contributed by atoms with E-state index in [1.165, 1.54) is 10.5 Å². The van der Waals surface area contributed by atoms with Crippen LogP contribution in [0.4, 0.5) is 0 Å². The number of ether oxygens (including phenoxy) is 1. The van der Waals surface area contributed by atoms with Crippen molar-refractivity contribution in [1.82, 2.24) is 15.1 Å². The van der Waals surface area contributed by atoms with Gasteiger partial charge in [-0.3, -0.25) is 4.68 Å². The molecule has 1 unspecified atom stereocenters. The molecule has 1 heterocycles. The van der Waals surface area contributed by atoms with Crippen LogP contribution < -0.4 is 10.1 Å². The lowest BCUT2D eigenvalue weighted by Crippen LogP contribution is -2.25. The molecule has 0 amide bonds. The summed E-state index contributed by atoms with van der Waals surface area (Å²) < 4.78 is 7.35. The molecule has 0 saturated carbocycles. The quantitative estimate of drug-likeness (QED) is 0.797. The first-order valence-electron chi connectivity index (χ1n) is 7.14. The molecule has 5 heteroatoms. The lowest BCUT2D eigenvalue weighted by atomic mass is 10.0. The van der Waals surface area contributed by atoms with Gasteiger partial charge in [0.15, 0.2) is 5.75 Å². The Hall–Kier alpha value is -1.46. The van der Waals surface area contributed by atoms with Crippen LogP contribution in [-0.4, -0.2) is 29.7 Å². The van der Waals surface area contributed by atoms with Crippen molar-refractivity contribution in [2.45, 2.75) is 24.3 Å². The maximum absolute atomic E-state index is 5.47. The highest BCUT2D eigenvalue weighted by atomic mass is 32.2. The lowest BCUT2D eigenvalue weighted by molar-refractivity contribution is 0.400. The molecule has 0 bridgehead atoms. The summed E-state index contributed by atoms with van der Waals surface area (Å²) >= 11 is 1.75. The Morgan fingerprint density at radius 2 is 2.05 bits per heavy atom. The second-order valence-electron chi connectivity index (χ2n) is 4.88. The topological polar surface area (TPSA) is 39.1 Å². The number of aromatic nitrogens is 2. The molecule has 4 nitrogen and oxygen atoms in total. The number of nitrogens with one attached hydrogen (secondary N) is 1. The molecule has 114 valence electrons. The molecular weight excluding hydrogens is 282 g/mol. The van der Waals surface area contributed by atoms with Crippen LogP contribution in [0.25, 0.3) is 0 Å². The Labute approximate surface area is 130 Å². The fraction of sp³-hybridized carbons (Fsp3) is 0.438. The number of hydrogen-bond acceptors (Lipinski definition) is 4. The third-order valence-electron chi connectivity index (χ3n) is 3.49. The van der Waals surface area contributed by atoms with E-state index < -0.39 is 0 Å². The first-order valence-corrected chi connectivity index (χ1v) is 8.37. The van der Waals surface area contributed by atoms with E-state index in [2.05, 4.69) is 47.9 Å². The molecule has 2 aromatic rings. The highest BCUT2D eigenvalue weighted by Gasteiger charge is 2.21. The Bertz CT molecular complexity index is 565. The first-order chi connectivity index (χ1) is 10.2. The number of benzene rings is 1. The summed E-state index contributed by atoms with van der Waals surface area (Å²) in [6, 6.07) is 8.74. The Morgan fingerprint density at radius 1 is 1.33 bits per heavy atom. The summed E-state index contributed by atoms with van der Waals surface area (Å²) in [5.74, 6) is 0.819. The molecule has 2 rings (SSSR count). The van der Waals surface area contributed by atoms with Crippen LogP contribution in [0.1, 0.15) is 30.6 Å². The van der Waals surface area contributed by atoms with E-state index >= 15 is 0 Å². The Morgan fingerprint density at radius 3 is 2.62 bits per heavy atom. The van der Waals surface area contributed by atoms with Crippen LogP contribution in [-0.2, 0) is 7.05 Å². The zero-order valence-electron chi connectivity index (χ0n) is 13.1. The van der Waals surface area contributed by atoms with E-state index in [0.717, 1.165) is 24.4 Å². The second kappa shape index (κ2) is 7.52. The normalized spacial score (nSPS) is 12.4. The van der Waals surface area contributed by atoms with Gasteiger partial charge < -0.3 is 10.1 Å². The molecular formula is C16H23N3OS. The van der Waals surface area contributed by atoms with Crippen molar-refractivity contribution in [2.75, 3.05) is 19.9 Å². The third kappa shape index (κ3) is 3.60. The predicted molar refractivity (Wildman–Crippen MR) is 88.1 cm³/mol. The smallest absolute Gasteiger partial charge is 0.161 e. The highest BCUT2D eigenvalue weighted by Crippen LogP contribution is 2.30. The fourth-order valence-electron chi connectivity index (χ4n) is 2.37. The van der Waals surface area contributed by atoms with Crippen molar-refractivity contribution in [3.63, 3.8) is 0 Å². The van der Waals surface area contributed by atoms with Gasteiger partial charge in [0.2, 0.25) is 0 Å². The van der Waals surface area contributed by atoms with Gasteiger partial charge in [0.25, 0.3) is 0 Å². The molecule has 21 heavy (non-hydrogen) atoms. The van der Waals surface area contributed by atoms with E-state index in [0.29, 0.717) is 0 Å². The van der Waals surface area contributed by atoms with Crippen LogP contribution >= 0.6 is 11.8 Å². The van der Waals surface area contributed by atoms with Crippen molar-refractivity contribution in [1.29, 1.82) is 0 Å². The molecule has 0 radical (unpaired) electrons. The molecule has 1 atom stereocenters. The van der Waals surface area contributed by atoms with Crippen LogP contribution in [0.5, 0.6) is 5.75 Å². The summed E-state index contributed by atoms with van der Waals surface area (Å²) in [4.78, 5) is 1.27. The van der Waals surface area contributed by atoms with Gasteiger partial charge in [-0.1, -0.05) is 19.1 Å². The second-order valence-corrected chi connectivity index (χ2v) is 5.76. The van der Waals surface area contributed by atoms with E-state index in [1.807, 2.05) is 11.7 Å². The van der Waals surface area contributed by atoms with Crippen LogP contribution in [0.15, 0.2) is 35.4 Å². The van der Waals surface area contributed by atoms with Gasteiger partial charge in [-0.05, 0) is 36.9 Å². The van der Waals surface area contributed by atoms with E-state index in [1.54, 1.807) is 25.1 Å². The van der Waals surface area contributed by atoms with Crippen molar-refractivity contribution >= 4 is 11.8 Å². The van der Waals surface area contributed by atoms with Crippen LogP contribution in [0, 0.1) is 0 Å². The van der Waals surface area contributed by atoms with Gasteiger partial charge in [-0.2, -0.15) is 5.10 Å². The van der Waals surface area contributed by atoms with E-state index in [-0.39, 0.29) is 6.04 Å². The molecule has 0 spiro atoms. The molecule has 0 aliphatic rings. The summed E-state index contributed by atoms with van der Waals surface area (Å²) in [5, 5.41) is 7.92. The molecule has 1 N–H and O–H groups in total. The Balaban J connectivity index is 2.39. The van der Waals surface area contributed by atoms with Gasteiger partial charge in [-0.15, -0.1) is 11.8 Å². The van der Waals surface area contributed by atoms with Gasteiger partial charge >= 0.3 is 0 Å². The molecule has 0 aliphatic carbocycles. The van der Waals surface area contributed by atoms with Gasteiger partial charge in [0.05, 0.1) is 19.3 Å². The average molecular weight is 305 g/mol. The van der Waals surface area contributed by atoms with Gasteiger partial charge in [0.1, 0.15) is 5.69 Å². The minimum absolute atomic E-state index is 0.0864. The van der Waals surface area contributed by atoms with Crippen LogP contribution in [0.2, 0.25) is 0 Å². The minimum Gasteiger partial charge on any atom is -0.493 e. The summed E-state index contributed by atoms with van der Waals surface area (Å²) in [6.45, 7) is 3.12. The van der Waals surface area contributed by atoms with Crippen molar-refractivity contribution in [2.24, 2.45) is 7.05 Å². The molecule has 0 aliphatic heterocycles. The predicted octanol–water partition coefficient (Wildman–Crippen LogP) is 3.24. The van der Waals surface area contributed by atoms with E-state index in [9.17, 15) is 0 Å². The van der Waals surface area contributed by atoms with Crippen molar-refractivity contribution < 1.29 is 4.74 Å². The minimum atomic E-state index is 0.0864. The Kier molecular flexibility index (Phi) is 5.70. The largest absolute Gasteiger partial charge is 0.493 e. The fourth-order valence-corrected chi connectivity index (χ4v) is 2.78.